The van der Waals surface area contributed by atoms with Crippen molar-refractivity contribution in [3.63, 3.8) is 0 Å². The van der Waals surface area contributed by atoms with Crippen molar-refractivity contribution in [2.75, 3.05) is 13.7 Å². The molecule has 1 unspecified atom stereocenters. The number of hydrogen-bond acceptors (Lipinski definition) is 4. The minimum Gasteiger partial charge on any atom is -0.477 e. The maximum atomic E-state index is 12.0. The SMILES string of the molecule is COCCC(C)NS(=O)(=O)c1cc(C(=O)O)n(C)c1. The minimum absolute atomic E-state index is 0.0586. The molecule has 0 aliphatic heterocycles. The average Bonchev–Trinajstić information content (AvgIpc) is 2.69. The molecule has 0 spiro atoms. The highest BCUT2D eigenvalue weighted by Crippen LogP contribution is 2.14. The van der Waals surface area contributed by atoms with E-state index in [1.165, 1.54) is 24.9 Å². The number of aromatic nitrogens is 1. The summed E-state index contributed by atoms with van der Waals surface area (Å²) in [6, 6.07) is 0.840. The monoisotopic (exact) mass is 290 g/mol. The van der Waals surface area contributed by atoms with Crippen molar-refractivity contribution < 1.29 is 23.1 Å². The first-order valence-corrected chi connectivity index (χ1v) is 7.17. The van der Waals surface area contributed by atoms with Crippen LogP contribution < -0.4 is 4.72 Å². The molecule has 0 aliphatic rings. The number of aromatic carboxylic acids is 1. The van der Waals surface area contributed by atoms with Gasteiger partial charge in [-0.15, -0.1) is 0 Å². The summed E-state index contributed by atoms with van der Waals surface area (Å²) >= 11 is 0. The highest BCUT2D eigenvalue weighted by Gasteiger charge is 2.21. The van der Waals surface area contributed by atoms with Crippen molar-refractivity contribution in [2.45, 2.75) is 24.3 Å². The van der Waals surface area contributed by atoms with E-state index >= 15 is 0 Å². The lowest BCUT2D eigenvalue weighted by atomic mass is 10.3. The van der Waals surface area contributed by atoms with Crippen LogP contribution in [0.2, 0.25) is 0 Å². The quantitative estimate of drug-likeness (QED) is 0.758. The molecule has 0 fully saturated rings. The molecule has 0 radical (unpaired) electrons. The molecule has 0 saturated heterocycles. The normalized spacial score (nSPS) is 13.4. The molecule has 8 heteroatoms. The summed E-state index contributed by atoms with van der Waals surface area (Å²) in [5.74, 6) is -1.17. The van der Waals surface area contributed by atoms with Crippen molar-refractivity contribution >= 4 is 16.0 Å². The Labute approximate surface area is 112 Å². The van der Waals surface area contributed by atoms with Crippen LogP contribution in [0.1, 0.15) is 23.8 Å². The largest absolute Gasteiger partial charge is 0.477 e. The molecular formula is C11H18N2O5S. The first-order valence-electron chi connectivity index (χ1n) is 5.69. The van der Waals surface area contributed by atoms with E-state index in [9.17, 15) is 13.2 Å². The minimum atomic E-state index is -3.71. The van der Waals surface area contributed by atoms with Gasteiger partial charge in [-0.2, -0.15) is 0 Å². The van der Waals surface area contributed by atoms with Crippen molar-refractivity contribution in [3.8, 4) is 0 Å². The maximum absolute atomic E-state index is 12.0. The second-order valence-electron chi connectivity index (χ2n) is 4.28. The van der Waals surface area contributed by atoms with Crippen LogP contribution in [0.3, 0.4) is 0 Å². The fraction of sp³-hybridized carbons (Fsp3) is 0.545. The van der Waals surface area contributed by atoms with E-state index in [4.69, 9.17) is 9.84 Å². The molecule has 108 valence electrons. The number of ether oxygens (including phenoxy) is 1. The third kappa shape index (κ3) is 4.05. The number of carboxylic acids is 1. The van der Waals surface area contributed by atoms with Gasteiger partial charge in [0.1, 0.15) is 10.6 Å². The van der Waals surface area contributed by atoms with Crippen molar-refractivity contribution in [3.05, 3.63) is 18.0 Å². The van der Waals surface area contributed by atoms with Crippen LogP contribution in [0.15, 0.2) is 17.2 Å². The molecule has 1 aromatic heterocycles. The van der Waals surface area contributed by atoms with Crippen LogP contribution in [0.5, 0.6) is 0 Å². The van der Waals surface area contributed by atoms with E-state index in [2.05, 4.69) is 4.72 Å². The standard InChI is InChI=1S/C11H18N2O5S/c1-8(4-5-18-3)12-19(16,17)9-6-10(11(14)15)13(2)7-9/h6-8,12H,4-5H2,1-3H3,(H,14,15). The number of carboxylic acid groups (broad SMARTS) is 1. The van der Waals surface area contributed by atoms with Gasteiger partial charge in [0.25, 0.3) is 0 Å². The molecule has 1 atom stereocenters. The van der Waals surface area contributed by atoms with Crippen LogP contribution in [0, 0.1) is 0 Å². The Morgan fingerprint density at radius 2 is 2.21 bits per heavy atom. The van der Waals surface area contributed by atoms with Gasteiger partial charge < -0.3 is 14.4 Å². The molecule has 0 saturated carbocycles. The van der Waals surface area contributed by atoms with E-state index in [0.29, 0.717) is 13.0 Å². The molecule has 1 rings (SSSR count). The second-order valence-corrected chi connectivity index (χ2v) is 5.99. The lowest BCUT2D eigenvalue weighted by molar-refractivity contribution is 0.0686. The van der Waals surface area contributed by atoms with Crippen LogP contribution in [0.25, 0.3) is 0 Å². The average molecular weight is 290 g/mol. The number of sulfonamides is 1. The molecule has 0 aliphatic carbocycles. The van der Waals surface area contributed by atoms with Gasteiger partial charge in [-0.05, 0) is 19.4 Å². The topological polar surface area (TPSA) is 97.6 Å². The van der Waals surface area contributed by atoms with E-state index in [1.807, 2.05) is 0 Å². The fourth-order valence-corrected chi connectivity index (χ4v) is 2.93. The van der Waals surface area contributed by atoms with Gasteiger partial charge >= 0.3 is 5.97 Å². The molecule has 0 bridgehead atoms. The molecular weight excluding hydrogens is 272 g/mol. The van der Waals surface area contributed by atoms with Gasteiger partial charge in [-0.25, -0.2) is 17.9 Å². The van der Waals surface area contributed by atoms with E-state index in [1.54, 1.807) is 6.92 Å². The van der Waals surface area contributed by atoms with Crippen molar-refractivity contribution in [1.82, 2.24) is 9.29 Å². The number of nitrogens with zero attached hydrogens (tertiary/aromatic N) is 1. The Bertz CT molecular complexity index is 549. The third-order valence-electron chi connectivity index (χ3n) is 2.62. The Kier molecular flexibility index (Phi) is 5.10. The lowest BCUT2D eigenvalue weighted by Crippen LogP contribution is -2.33. The zero-order valence-corrected chi connectivity index (χ0v) is 11.9. The summed E-state index contributed by atoms with van der Waals surface area (Å²) < 4.78 is 32.7. The Balaban J connectivity index is 2.89. The van der Waals surface area contributed by atoms with Gasteiger partial charge in [0, 0.05) is 33.0 Å². The Morgan fingerprint density at radius 1 is 1.58 bits per heavy atom. The summed E-state index contributed by atoms with van der Waals surface area (Å²) in [7, 11) is -0.693. The molecule has 0 amide bonds. The Morgan fingerprint density at radius 3 is 2.68 bits per heavy atom. The predicted octanol–water partition coefficient (Wildman–Crippen LogP) is 0.427. The zero-order valence-electron chi connectivity index (χ0n) is 11.1. The maximum Gasteiger partial charge on any atom is 0.352 e. The van der Waals surface area contributed by atoms with Crippen molar-refractivity contribution in [2.24, 2.45) is 7.05 Å². The van der Waals surface area contributed by atoms with Gasteiger partial charge in [0.05, 0.1) is 0 Å². The number of methoxy groups -OCH3 is 1. The molecule has 0 aromatic carbocycles. The van der Waals surface area contributed by atoms with E-state index in [0.717, 1.165) is 6.07 Å². The summed E-state index contributed by atoms with van der Waals surface area (Å²) in [4.78, 5) is 10.8. The second kappa shape index (κ2) is 6.18. The number of aryl methyl sites for hydroxylation is 1. The summed E-state index contributed by atoms with van der Waals surface area (Å²) in [5, 5.41) is 8.89. The highest BCUT2D eigenvalue weighted by atomic mass is 32.2. The van der Waals surface area contributed by atoms with Crippen LogP contribution in [-0.4, -0.2) is 43.8 Å². The van der Waals surface area contributed by atoms with Crippen molar-refractivity contribution in [1.29, 1.82) is 0 Å². The summed E-state index contributed by atoms with van der Waals surface area (Å²) in [5.41, 5.74) is -0.0788. The molecule has 1 heterocycles. The Hall–Kier alpha value is -1.38. The summed E-state index contributed by atoms with van der Waals surface area (Å²) in [6.07, 6.45) is 1.81. The third-order valence-corrected chi connectivity index (χ3v) is 4.18. The smallest absolute Gasteiger partial charge is 0.352 e. The predicted molar refractivity (Wildman–Crippen MR) is 68.6 cm³/mol. The lowest BCUT2D eigenvalue weighted by Gasteiger charge is -2.12. The molecule has 2 N–H and O–H groups in total. The molecule has 1 aromatic rings. The van der Waals surface area contributed by atoms with Crippen LogP contribution >= 0.6 is 0 Å². The van der Waals surface area contributed by atoms with Gasteiger partial charge in [0.15, 0.2) is 0 Å². The number of rotatable bonds is 7. The molecule has 19 heavy (non-hydrogen) atoms. The zero-order chi connectivity index (χ0) is 14.6. The number of carbonyl (C=O) groups is 1. The van der Waals surface area contributed by atoms with E-state index < -0.39 is 16.0 Å². The first kappa shape index (κ1) is 15.7. The fourth-order valence-electron chi connectivity index (χ4n) is 1.58. The van der Waals surface area contributed by atoms with Gasteiger partial charge in [-0.1, -0.05) is 0 Å². The van der Waals surface area contributed by atoms with Crippen LogP contribution in [-0.2, 0) is 21.8 Å². The van der Waals surface area contributed by atoms with Gasteiger partial charge in [-0.3, -0.25) is 0 Å². The van der Waals surface area contributed by atoms with E-state index in [-0.39, 0.29) is 16.6 Å². The number of hydrogen-bond donors (Lipinski definition) is 2. The first-order chi connectivity index (χ1) is 8.77. The number of nitrogens with one attached hydrogen (secondary N) is 1. The summed E-state index contributed by atoms with van der Waals surface area (Å²) in [6.45, 7) is 2.16. The van der Waals surface area contributed by atoms with Gasteiger partial charge in [0.2, 0.25) is 10.0 Å². The van der Waals surface area contributed by atoms with Crippen LogP contribution in [0.4, 0.5) is 0 Å². The highest BCUT2D eigenvalue weighted by molar-refractivity contribution is 7.89. The molecule has 7 nitrogen and oxygen atoms in total.